The van der Waals surface area contributed by atoms with E-state index in [1.165, 1.54) is 12.1 Å². The SMILES string of the molecule is O=C(O)CN1C2=C(C(=O)CCC2)C(c2cc(Br)cc(Br)c2OCc2ccc(C(=O)O)cc2)C2=C1CCCC2=O. The summed E-state index contributed by atoms with van der Waals surface area (Å²) >= 11 is 7.15. The first kappa shape index (κ1) is 27.3. The molecule has 0 saturated heterocycles. The molecular formula is C29H25Br2NO7. The van der Waals surface area contributed by atoms with Gasteiger partial charge in [0.15, 0.2) is 11.6 Å². The average molecular weight is 659 g/mol. The number of carbonyl (C=O) groups excluding carboxylic acids is 2. The number of nitrogens with zero attached hydrogens (tertiary/aromatic N) is 1. The van der Waals surface area contributed by atoms with Crippen LogP contribution >= 0.6 is 31.9 Å². The van der Waals surface area contributed by atoms with Gasteiger partial charge < -0.3 is 19.8 Å². The number of ether oxygens (including phenoxy) is 1. The van der Waals surface area contributed by atoms with E-state index in [4.69, 9.17) is 4.74 Å². The van der Waals surface area contributed by atoms with Gasteiger partial charge in [0.1, 0.15) is 18.9 Å². The van der Waals surface area contributed by atoms with Crippen LogP contribution in [0, 0.1) is 0 Å². The summed E-state index contributed by atoms with van der Waals surface area (Å²) in [4.78, 5) is 51.7. The molecule has 39 heavy (non-hydrogen) atoms. The van der Waals surface area contributed by atoms with Gasteiger partial charge in [0.2, 0.25) is 0 Å². The molecule has 2 aromatic carbocycles. The number of hydrogen-bond donors (Lipinski definition) is 2. The second kappa shape index (κ2) is 11.1. The number of benzene rings is 2. The molecule has 10 heteroatoms. The zero-order valence-electron chi connectivity index (χ0n) is 20.8. The molecule has 0 aromatic heterocycles. The first-order valence-corrected chi connectivity index (χ1v) is 14.2. The third kappa shape index (κ3) is 5.32. The molecule has 5 rings (SSSR count). The zero-order valence-corrected chi connectivity index (χ0v) is 24.0. The summed E-state index contributed by atoms with van der Waals surface area (Å²) in [5, 5.41) is 18.9. The molecule has 0 fully saturated rings. The van der Waals surface area contributed by atoms with Gasteiger partial charge in [0.05, 0.1) is 10.0 Å². The highest BCUT2D eigenvalue weighted by molar-refractivity contribution is 9.11. The summed E-state index contributed by atoms with van der Waals surface area (Å²) in [6.45, 7) is -0.173. The topological polar surface area (TPSA) is 121 Å². The van der Waals surface area contributed by atoms with E-state index in [-0.39, 0.29) is 30.3 Å². The highest BCUT2D eigenvalue weighted by Crippen LogP contribution is 2.52. The van der Waals surface area contributed by atoms with Crippen molar-refractivity contribution < 1.29 is 34.1 Å². The van der Waals surface area contributed by atoms with Gasteiger partial charge in [-0.25, -0.2) is 4.79 Å². The number of carbonyl (C=O) groups is 4. The van der Waals surface area contributed by atoms with E-state index >= 15 is 0 Å². The van der Waals surface area contributed by atoms with E-state index in [1.54, 1.807) is 17.0 Å². The van der Waals surface area contributed by atoms with Crippen molar-refractivity contribution in [2.75, 3.05) is 6.54 Å². The Balaban J connectivity index is 1.64. The van der Waals surface area contributed by atoms with Crippen LogP contribution in [0.4, 0.5) is 0 Å². The Morgan fingerprint density at radius 3 is 2.03 bits per heavy atom. The predicted octanol–water partition coefficient (Wildman–Crippen LogP) is 5.99. The Kier molecular flexibility index (Phi) is 7.77. The lowest BCUT2D eigenvalue weighted by molar-refractivity contribution is -0.138. The first-order chi connectivity index (χ1) is 18.7. The summed E-state index contributed by atoms with van der Waals surface area (Å²) in [5.41, 5.74) is 3.85. The number of ketones is 2. The molecule has 0 radical (unpaired) electrons. The van der Waals surface area contributed by atoms with Crippen LogP contribution in [0.25, 0.3) is 0 Å². The molecule has 1 heterocycles. The molecule has 2 aromatic rings. The van der Waals surface area contributed by atoms with Crippen LogP contribution in [-0.2, 0) is 21.0 Å². The monoisotopic (exact) mass is 657 g/mol. The van der Waals surface area contributed by atoms with Crippen LogP contribution in [0.2, 0.25) is 0 Å². The minimum absolute atomic E-state index is 0.0899. The van der Waals surface area contributed by atoms with Crippen molar-refractivity contribution in [2.45, 2.75) is 51.0 Å². The molecule has 2 N–H and O–H groups in total. The zero-order chi connectivity index (χ0) is 27.8. The standard InChI is InChI=1S/C29H25Br2NO7/c30-17-11-18(28(19(31)12-17)39-14-15-7-9-16(10-8-15)29(37)38)25-26-20(3-1-5-22(26)33)32(13-24(35)36)21-4-2-6-23(34)27(21)25/h7-12,25H,1-6,13-14H2,(H,35,36)(H,37,38). The lowest BCUT2D eigenvalue weighted by atomic mass is 9.70. The number of aromatic carboxylic acids is 1. The largest absolute Gasteiger partial charge is 0.487 e. The van der Waals surface area contributed by atoms with Crippen LogP contribution in [0.5, 0.6) is 5.75 Å². The third-order valence-electron chi connectivity index (χ3n) is 7.31. The molecule has 0 bridgehead atoms. The van der Waals surface area contributed by atoms with Crippen molar-refractivity contribution in [3.05, 3.63) is 84.6 Å². The molecule has 0 saturated carbocycles. The molecule has 202 valence electrons. The lowest BCUT2D eigenvalue weighted by Crippen LogP contribution is -2.41. The highest BCUT2D eigenvalue weighted by atomic mass is 79.9. The predicted molar refractivity (Wildman–Crippen MR) is 148 cm³/mol. The van der Waals surface area contributed by atoms with Crippen molar-refractivity contribution >= 4 is 55.4 Å². The molecule has 0 atom stereocenters. The molecule has 3 aliphatic rings. The summed E-state index contributed by atoms with van der Waals surface area (Å²) in [5.74, 6) is -2.43. The van der Waals surface area contributed by atoms with Crippen molar-refractivity contribution in [1.29, 1.82) is 0 Å². The molecule has 2 aliphatic carbocycles. The van der Waals surface area contributed by atoms with Gasteiger partial charge in [-0.15, -0.1) is 0 Å². The minimum atomic E-state index is -1.02. The summed E-state index contributed by atoms with van der Waals surface area (Å²) in [6.07, 6.45) is 3.00. The summed E-state index contributed by atoms with van der Waals surface area (Å²) < 4.78 is 7.64. The smallest absolute Gasteiger partial charge is 0.335 e. The van der Waals surface area contributed by atoms with E-state index in [1.807, 2.05) is 12.1 Å². The second-order valence-electron chi connectivity index (χ2n) is 9.78. The number of aliphatic carboxylic acids is 1. The Morgan fingerprint density at radius 1 is 0.897 bits per heavy atom. The molecule has 8 nitrogen and oxygen atoms in total. The van der Waals surface area contributed by atoms with Gasteiger partial charge in [-0.2, -0.15) is 0 Å². The number of halogens is 2. The molecule has 0 amide bonds. The van der Waals surface area contributed by atoms with E-state index in [2.05, 4.69) is 31.9 Å². The van der Waals surface area contributed by atoms with Crippen molar-refractivity contribution in [1.82, 2.24) is 4.90 Å². The van der Waals surface area contributed by atoms with Crippen LogP contribution in [-0.4, -0.2) is 45.2 Å². The fourth-order valence-corrected chi connectivity index (χ4v) is 7.07. The van der Waals surface area contributed by atoms with Crippen LogP contribution < -0.4 is 4.74 Å². The van der Waals surface area contributed by atoms with Gasteiger partial charge in [0, 0.05) is 51.3 Å². The summed E-state index contributed by atoms with van der Waals surface area (Å²) in [6, 6.07) is 10.0. The van der Waals surface area contributed by atoms with Crippen molar-refractivity contribution in [2.24, 2.45) is 0 Å². The number of hydrogen-bond acceptors (Lipinski definition) is 6. The highest BCUT2D eigenvalue weighted by Gasteiger charge is 2.44. The quantitative estimate of drug-likeness (QED) is 0.372. The number of carboxylic acid groups (broad SMARTS) is 2. The molecule has 1 aliphatic heterocycles. The van der Waals surface area contributed by atoms with E-state index < -0.39 is 17.9 Å². The fourth-order valence-electron chi connectivity index (χ4n) is 5.70. The van der Waals surface area contributed by atoms with Gasteiger partial charge >= 0.3 is 11.9 Å². The van der Waals surface area contributed by atoms with Crippen LogP contribution in [0.3, 0.4) is 0 Å². The average Bonchev–Trinajstić information content (AvgIpc) is 2.88. The number of allylic oxidation sites excluding steroid dienone is 4. The Bertz CT molecular complexity index is 1410. The molecule has 0 unspecified atom stereocenters. The maximum atomic E-state index is 13.5. The number of Topliss-reactive ketones (excluding diaryl/α,β-unsaturated/α-hetero) is 2. The molecular weight excluding hydrogens is 634 g/mol. The first-order valence-electron chi connectivity index (χ1n) is 12.6. The van der Waals surface area contributed by atoms with Crippen molar-refractivity contribution in [3.8, 4) is 5.75 Å². The maximum Gasteiger partial charge on any atom is 0.335 e. The second-order valence-corrected chi connectivity index (χ2v) is 11.6. The molecule has 0 spiro atoms. The Labute approximate surface area is 241 Å². The van der Waals surface area contributed by atoms with Gasteiger partial charge in [0.25, 0.3) is 0 Å². The lowest BCUT2D eigenvalue weighted by Gasteiger charge is -2.43. The van der Waals surface area contributed by atoms with Crippen LogP contribution in [0.15, 0.2) is 67.9 Å². The number of carboxylic acids is 2. The summed E-state index contributed by atoms with van der Waals surface area (Å²) in [7, 11) is 0. The maximum absolute atomic E-state index is 13.5. The number of rotatable bonds is 7. The van der Waals surface area contributed by atoms with E-state index in [9.17, 15) is 29.4 Å². The van der Waals surface area contributed by atoms with E-state index in [0.717, 1.165) is 10.0 Å². The van der Waals surface area contributed by atoms with Gasteiger partial charge in [-0.1, -0.05) is 28.1 Å². The normalized spacial score (nSPS) is 17.7. The Hall–Kier alpha value is -3.24. The van der Waals surface area contributed by atoms with Crippen LogP contribution in [0.1, 0.15) is 65.9 Å². The van der Waals surface area contributed by atoms with Crippen molar-refractivity contribution in [3.63, 3.8) is 0 Å². The Morgan fingerprint density at radius 2 is 1.49 bits per heavy atom. The van der Waals surface area contributed by atoms with E-state index in [0.29, 0.717) is 76.9 Å². The minimum Gasteiger partial charge on any atom is -0.487 e. The van der Waals surface area contributed by atoms with Gasteiger partial charge in [-0.05, 0) is 71.4 Å². The third-order valence-corrected chi connectivity index (χ3v) is 8.36. The fraction of sp³-hybridized carbons (Fsp3) is 0.310. The van der Waals surface area contributed by atoms with Gasteiger partial charge in [-0.3, -0.25) is 14.4 Å².